The van der Waals surface area contributed by atoms with Crippen LogP contribution in [-0.4, -0.2) is 35.1 Å². The fourth-order valence-electron chi connectivity index (χ4n) is 3.08. The molecule has 4 aromatic rings. The van der Waals surface area contributed by atoms with Crippen molar-refractivity contribution in [2.75, 3.05) is 14.2 Å². The molecular formula is C20H17BrN4O3. The van der Waals surface area contributed by atoms with Gasteiger partial charge in [-0.15, -0.1) is 0 Å². The zero-order valence-corrected chi connectivity index (χ0v) is 17.1. The van der Waals surface area contributed by atoms with Gasteiger partial charge in [-0.25, -0.2) is 4.98 Å². The standard InChI is InChI=1S/C20H17BrN4O3/c1-11-23-18-14-9-13(21)5-6-15(14)24-19(18)20(26)25(11)22-10-12-4-7-16(27-2)17(8-12)28-3/h4-10,24H,1-3H3/b22-10+. The van der Waals surface area contributed by atoms with Crippen LogP contribution in [0.25, 0.3) is 21.9 Å². The Kier molecular flexibility index (Phi) is 4.64. The Morgan fingerprint density at radius 1 is 1.14 bits per heavy atom. The van der Waals surface area contributed by atoms with E-state index in [9.17, 15) is 4.79 Å². The second-order valence-electron chi connectivity index (χ2n) is 6.17. The molecule has 2 heterocycles. The van der Waals surface area contributed by atoms with Gasteiger partial charge in [0.05, 0.1) is 20.4 Å². The number of H-pyrrole nitrogens is 1. The Bertz CT molecular complexity index is 1290. The number of ether oxygens (including phenoxy) is 2. The summed E-state index contributed by atoms with van der Waals surface area (Å²) in [4.78, 5) is 20.7. The van der Waals surface area contributed by atoms with Gasteiger partial charge in [0, 0.05) is 15.4 Å². The third-order valence-electron chi connectivity index (χ3n) is 4.45. The van der Waals surface area contributed by atoms with Crippen LogP contribution in [0.1, 0.15) is 11.4 Å². The summed E-state index contributed by atoms with van der Waals surface area (Å²) in [5.74, 6) is 1.71. The summed E-state index contributed by atoms with van der Waals surface area (Å²) in [6.07, 6.45) is 1.59. The van der Waals surface area contributed by atoms with Crippen molar-refractivity contribution in [1.29, 1.82) is 0 Å². The van der Waals surface area contributed by atoms with Crippen LogP contribution < -0.4 is 15.0 Å². The number of aromatic nitrogens is 3. The number of aromatic amines is 1. The summed E-state index contributed by atoms with van der Waals surface area (Å²) < 4.78 is 12.7. The predicted molar refractivity (Wildman–Crippen MR) is 113 cm³/mol. The average Bonchev–Trinajstić information content (AvgIpc) is 3.05. The van der Waals surface area contributed by atoms with Crippen molar-refractivity contribution in [2.24, 2.45) is 5.10 Å². The van der Waals surface area contributed by atoms with Crippen LogP contribution in [0.2, 0.25) is 0 Å². The number of halogens is 1. The van der Waals surface area contributed by atoms with Gasteiger partial charge in [0.2, 0.25) is 0 Å². The molecule has 4 rings (SSSR count). The molecular weight excluding hydrogens is 424 g/mol. The molecule has 2 aromatic heterocycles. The third-order valence-corrected chi connectivity index (χ3v) is 4.94. The van der Waals surface area contributed by atoms with Crippen molar-refractivity contribution in [3.05, 3.63) is 62.6 Å². The van der Waals surface area contributed by atoms with Crippen LogP contribution >= 0.6 is 15.9 Å². The van der Waals surface area contributed by atoms with Crippen molar-refractivity contribution in [3.8, 4) is 11.5 Å². The molecule has 0 spiro atoms. The second kappa shape index (κ2) is 7.12. The number of methoxy groups -OCH3 is 2. The summed E-state index contributed by atoms with van der Waals surface area (Å²) in [6.45, 7) is 1.75. The number of rotatable bonds is 4. The second-order valence-corrected chi connectivity index (χ2v) is 7.09. The maximum Gasteiger partial charge on any atom is 0.298 e. The minimum Gasteiger partial charge on any atom is -0.493 e. The number of benzene rings is 2. The quantitative estimate of drug-likeness (QED) is 0.488. The molecule has 1 N–H and O–H groups in total. The zero-order valence-electron chi connectivity index (χ0n) is 15.5. The van der Waals surface area contributed by atoms with Gasteiger partial charge < -0.3 is 14.5 Å². The Hall–Kier alpha value is -3.13. The lowest BCUT2D eigenvalue weighted by atomic mass is 10.2. The summed E-state index contributed by atoms with van der Waals surface area (Å²) in [6, 6.07) is 11.2. The first kappa shape index (κ1) is 18.2. The summed E-state index contributed by atoms with van der Waals surface area (Å²) in [7, 11) is 3.15. The predicted octanol–water partition coefficient (Wildman–Crippen LogP) is 3.85. The van der Waals surface area contributed by atoms with Gasteiger partial charge in [-0.05, 0) is 48.9 Å². The van der Waals surface area contributed by atoms with Crippen LogP contribution in [0, 0.1) is 6.92 Å². The minimum absolute atomic E-state index is 0.258. The molecule has 28 heavy (non-hydrogen) atoms. The van der Waals surface area contributed by atoms with Gasteiger partial charge >= 0.3 is 0 Å². The lowest BCUT2D eigenvalue weighted by molar-refractivity contribution is 0.355. The highest BCUT2D eigenvalue weighted by molar-refractivity contribution is 9.10. The summed E-state index contributed by atoms with van der Waals surface area (Å²) >= 11 is 3.46. The van der Waals surface area contributed by atoms with Crippen LogP contribution in [-0.2, 0) is 0 Å². The Morgan fingerprint density at radius 2 is 1.93 bits per heavy atom. The third kappa shape index (κ3) is 3.05. The van der Waals surface area contributed by atoms with Gasteiger partial charge in [-0.2, -0.15) is 9.78 Å². The van der Waals surface area contributed by atoms with Crippen molar-refractivity contribution >= 4 is 44.1 Å². The summed E-state index contributed by atoms with van der Waals surface area (Å²) in [5, 5.41) is 5.22. The molecule has 0 saturated carbocycles. The van der Waals surface area contributed by atoms with E-state index in [0.29, 0.717) is 28.4 Å². The lowest BCUT2D eigenvalue weighted by Crippen LogP contribution is -2.20. The number of aryl methyl sites for hydroxylation is 1. The minimum atomic E-state index is -0.258. The fourth-order valence-corrected chi connectivity index (χ4v) is 3.44. The smallest absolute Gasteiger partial charge is 0.298 e. The molecule has 0 aliphatic carbocycles. The SMILES string of the molecule is COc1ccc(/C=N/n2c(C)nc3c([nH]c4ccc(Br)cc43)c2=O)cc1OC. The highest BCUT2D eigenvalue weighted by atomic mass is 79.9. The monoisotopic (exact) mass is 440 g/mol. The van der Waals surface area contributed by atoms with Crippen molar-refractivity contribution < 1.29 is 9.47 Å². The molecule has 7 nitrogen and oxygen atoms in total. The highest BCUT2D eigenvalue weighted by Gasteiger charge is 2.13. The van der Waals surface area contributed by atoms with E-state index in [2.05, 4.69) is 31.0 Å². The van der Waals surface area contributed by atoms with Gasteiger partial charge in [-0.3, -0.25) is 4.79 Å². The van der Waals surface area contributed by atoms with E-state index in [1.165, 1.54) is 4.68 Å². The highest BCUT2D eigenvalue weighted by Crippen LogP contribution is 2.27. The number of fused-ring (bicyclic) bond motifs is 3. The van der Waals surface area contributed by atoms with Crippen LogP contribution in [0.15, 0.2) is 50.8 Å². The Balaban J connectivity index is 1.82. The zero-order chi connectivity index (χ0) is 19.8. The van der Waals surface area contributed by atoms with Crippen molar-refractivity contribution in [1.82, 2.24) is 14.6 Å². The first-order valence-corrected chi connectivity index (χ1v) is 9.28. The molecule has 0 aliphatic heterocycles. The molecule has 2 aromatic carbocycles. The molecule has 8 heteroatoms. The van der Waals surface area contributed by atoms with Crippen LogP contribution in [0.4, 0.5) is 0 Å². The topological polar surface area (TPSA) is 81.5 Å². The number of nitrogens with zero attached hydrogens (tertiary/aromatic N) is 3. The van der Waals surface area contributed by atoms with Gasteiger partial charge in [0.15, 0.2) is 11.5 Å². The molecule has 0 amide bonds. The van der Waals surface area contributed by atoms with Gasteiger partial charge in [-0.1, -0.05) is 15.9 Å². The van der Waals surface area contributed by atoms with E-state index >= 15 is 0 Å². The molecule has 0 bridgehead atoms. The first-order chi connectivity index (χ1) is 13.5. The molecule has 0 fully saturated rings. The van der Waals surface area contributed by atoms with Gasteiger partial charge in [0.25, 0.3) is 5.56 Å². The van der Waals surface area contributed by atoms with E-state index in [-0.39, 0.29) is 5.56 Å². The number of hydrogen-bond acceptors (Lipinski definition) is 5. The molecule has 0 saturated heterocycles. The number of hydrogen-bond donors (Lipinski definition) is 1. The van der Waals surface area contributed by atoms with Crippen molar-refractivity contribution in [2.45, 2.75) is 6.92 Å². The van der Waals surface area contributed by atoms with E-state index in [1.807, 2.05) is 24.3 Å². The van der Waals surface area contributed by atoms with Gasteiger partial charge in [0.1, 0.15) is 16.9 Å². The molecule has 0 atom stereocenters. The van der Waals surface area contributed by atoms with Crippen LogP contribution in [0.5, 0.6) is 11.5 Å². The number of nitrogens with one attached hydrogen (secondary N) is 1. The first-order valence-electron chi connectivity index (χ1n) is 8.49. The van der Waals surface area contributed by atoms with E-state index in [4.69, 9.17) is 9.47 Å². The van der Waals surface area contributed by atoms with E-state index < -0.39 is 0 Å². The largest absolute Gasteiger partial charge is 0.493 e. The molecule has 142 valence electrons. The average molecular weight is 441 g/mol. The van der Waals surface area contributed by atoms with E-state index in [1.54, 1.807) is 39.5 Å². The Morgan fingerprint density at radius 3 is 2.68 bits per heavy atom. The van der Waals surface area contributed by atoms with E-state index in [0.717, 1.165) is 20.9 Å². The summed E-state index contributed by atoms with van der Waals surface area (Å²) in [5.41, 5.74) is 2.42. The fraction of sp³-hybridized carbons (Fsp3) is 0.150. The molecule has 0 radical (unpaired) electrons. The lowest BCUT2D eigenvalue weighted by Gasteiger charge is -2.07. The molecule has 0 unspecified atom stereocenters. The Labute approximate surface area is 168 Å². The normalized spacial score (nSPS) is 11.6. The maximum atomic E-state index is 13.0. The van der Waals surface area contributed by atoms with Crippen molar-refractivity contribution in [3.63, 3.8) is 0 Å². The maximum absolute atomic E-state index is 13.0. The molecule has 0 aliphatic rings. The van der Waals surface area contributed by atoms with Crippen LogP contribution in [0.3, 0.4) is 0 Å².